The van der Waals surface area contributed by atoms with E-state index in [2.05, 4.69) is 51.1 Å². The number of rotatable bonds is 4. The highest BCUT2D eigenvalue weighted by Gasteiger charge is 2.50. The molecule has 1 aliphatic carbocycles. The standard InChI is InChI=1S/C32H40ClFN8O/c1-39-18-23-25(16-32(39)11-4-8-21-7-2-3-9-24(21)32)36-30(43-20-31-10-5-13-41(31)17-22(34)15-31)37-29(23)40-12-6-14-42-26(19-40)27(33)28(35)38-42/h2-3,7,9,22H,4-6,8,10-20H2,1H3,(H2,35,38)/t22-,31+,32+/m1/s1. The minimum absolute atomic E-state index is 0.117. The minimum Gasteiger partial charge on any atom is -0.461 e. The maximum atomic E-state index is 14.5. The predicted octanol–water partition coefficient (Wildman–Crippen LogP) is 4.49. The Labute approximate surface area is 257 Å². The van der Waals surface area contributed by atoms with Gasteiger partial charge in [0.05, 0.1) is 29.0 Å². The molecule has 8 rings (SSSR count). The first-order valence-corrected chi connectivity index (χ1v) is 16.2. The second-order valence-corrected chi connectivity index (χ2v) is 13.7. The van der Waals surface area contributed by atoms with Crippen molar-refractivity contribution in [3.05, 3.63) is 57.4 Å². The van der Waals surface area contributed by atoms with Gasteiger partial charge in [0.1, 0.15) is 23.6 Å². The molecule has 2 aromatic heterocycles. The second kappa shape index (κ2) is 10.3. The zero-order valence-electron chi connectivity index (χ0n) is 24.9. The predicted molar refractivity (Wildman–Crippen MR) is 164 cm³/mol. The van der Waals surface area contributed by atoms with Gasteiger partial charge in [0.15, 0.2) is 5.82 Å². The molecule has 2 fully saturated rings. The average Bonchev–Trinajstić information content (AvgIpc) is 3.55. The van der Waals surface area contributed by atoms with E-state index in [-0.39, 0.29) is 11.1 Å². The molecule has 3 aromatic rings. The number of aromatic nitrogens is 4. The maximum absolute atomic E-state index is 14.5. The number of nitrogen functional groups attached to an aromatic ring is 1. The summed E-state index contributed by atoms with van der Waals surface area (Å²) < 4.78 is 23.0. The summed E-state index contributed by atoms with van der Waals surface area (Å²) in [6.45, 7) is 4.70. The third kappa shape index (κ3) is 4.43. The lowest BCUT2D eigenvalue weighted by molar-refractivity contribution is 0.0714. The Bertz CT molecular complexity index is 1560. The number of aryl methyl sites for hydroxylation is 2. The van der Waals surface area contributed by atoms with Crippen LogP contribution in [0.15, 0.2) is 24.3 Å². The van der Waals surface area contributed by atoms with E-state index in [1.54, 1.807) is 0 Å². The summed E-state index contributed by atoms with van der Waals surface area (Å²) in [6, 6.07) is 9.29. The molecule has 6 heterocycles. The molecule has 9 nitrogen and oxygen atoms in total. The fourth-order valence-electron chi connectivity index (χ4n) is 8.74. The molecule has 2 N–H and O–H groups in total. The zero-order valence-corrected chi connectivity index (χ0v) is 25.6. The summed E-state index contributed by atoms with van der Waals surface area (Å²) in [5.41, 5.74) is 11.7. The van der Waals surface area contributed by atoms with Crippen LogP contribution in [0.4, 0.5) is 16.0 Å². The molecule has 0 amide bonds. The molecule has 43 heavy (non-hydrogen) atoms. The van der Waals surface area contributed by atoms with E-state index in [1.807, 2.05) is 4.68 Å². The van der Waals surface area contributed by atoms with Crippen LogP contribution in [0, 0.1) is 0 Å². The molecule has 0 saturated carbocycles. The largest absolute Gasteiger partial charge is 0.461 e. The van der Waals surface area contributed by atoms with Crippen LogP contribution in [-0.4, -0.2) is 74.5 Å². The lowest BCUT2D eigenvalue weighted by Crippen LogP contribution is -2.51. The minimum atomic E-state index is -0.801. The summed E-state index contributed by atoms with van der Waals surface area (Å²) in [5, 5.41) is 5.00. The van der Waals surface area contributed by atoms with Crippen LogP contribution in [0.25, 0.3) is 0 Å². The third-order valence-electron chi connectivity index (χ3n) is 10.9. The average molecular weight is 607 g/mol. The molecule has 4 aliphatic heterocycles. The third-order valence-corrected chi connectivity index (χ3v) is 11.3. The summed E-state index contributed by atoms with van der Waals surface area (Å²) in [4.78, 5) is 17.4. The first-order valence-electron chi connectivity index (χ1n) is 15.8. The zero-order chi connectivity index (χ0) is 29.3. The maximum Gasteiger partial charge on any atom is 0.318 e. The first-order chi connectivity index (χ1) is 20.8. The van der Waals surface area contributed by atoms with Gasteiger partial charge in [-0.15, -0.1) is 0 Å². The molecule has 228 valence electrons. The molecular formula is C32H40ClFN8O. The van der Waals surface area contributed by atoms with Crippen molar-refractivity contribution in [3.8, 4) is 6.01 Å². The van der Waals surface area contributed by atoms with E-state index in [4.69, 9.17) is 32.0 Å². The van der Waals surface area contributed by atoms with Crippen molar-refractivity contribution >= 4 is 23.2 Å². The van der Waals surface area contributed by atoms with Gasteiger partial charge in [0.25, 0.3) is 0 Å². The van der Waals surface area contributed by atoms with Crippen LogP contribution in [0.3, 0.4) is 0 Å². The molecular weight excluding hydrogens is 567 g/mol. The van der Waals surface area contributed by atoms with Gasteiger partial charge in [0.2, 0.25) is 0 Å². The molecule has 1 spiro atoms. The first kappa shape index (κ1) is 27.6. The van der Waals surface area contributed by atoms with Crippen molar-refractivity contribution in [2.75, 3.05) is 43.9 Å². The van der Waals surface area contributed by atoms with E-state index < -0.39 is 6.17 Å². The molecule has 1 aromatic carbocycles. The van der Waals surface area contributed by atoms with Crippen LogP contribution >= 0.6 is 11.6 Å². The molecule has 5 aliphatic rings. The van der Waals surface area contributed by atoms with Crippen LogP contribution in [0.5, 0.6) is 6.01 Å². The Kier molecular flexibility index (Phi) is 6.62. The number of likely N-dealkylation sites (N-methyl/N-ethyl adjacent to an activating group) is 1. The van der Waals surface area contributed by atoms with Crippen LogP contribution in [0.2, 0.25) is 5.02 Å². The number of nitrogens with zero attached hydrogens (tertiary/aromatic N) is 7. The molecule has 3 atom stereocenters. The van der Waals surface area contributed by atoms with Gasteiger partial charge < -0.3 is 15.4 Å². The van der Waals surface area contributed by atoms with Crippen molar-refractivity contribution in [3.63, 3.8) is 0 Å². The van der Waals surface area contributed by atoms with Gasteiger partial charge in [-0.25, -0.2) is 4.39 Å². The smallest absolute Gasteiger partial charge is 0.318 e. The summed E-state index contributed by atoms with van der Waals surface area (Å²) in [5.74, 6) is 1.26. The summed E-state index contributed by atoms with van der Waals surface area (Å²) in [7, 11) is 2.25. The number of hydrogen-bond acceptors (Lipinski definition) is 8. The number of alkyl halides is 1. The van der Waals surface area contributed by atoms with Gasteiger partial charge in [0, 0.05) is 44.6 Å². The molecule has 0 radical (unpaired) electrons. The quantitative estimate of drug-likeness (QED) is 0.465. The Hall–Kier alpha value is -2.95. The number of nitrogens with two attached hydrogens (primary N) is 1. The van der Waals surface area contributed by atoms with Crippen LogP contribution < -0.4 is 15.4 Å². The van der Waals surface area contributed by atoms with Gasteiger partial charge in [-0.3, -0.25) is 14.5 Å². The van der Waals surface area contributed by atoms with Gasteiger partial charge in [-0.1, -0.05) is 35.9 Å². The van der Waals surface area contributed by atoms with Crippen molar-refractivity contribution < 1.29 is 9.13 Å². The fraction of sp³-hybridized carbons (Fsp3) is 0.594. The number of hydrogen-bond donors (Lipinski definition) is 1. The summed E-state index contributed by atoms with van der Waals surface area (Å²) in [6.07, 6.45) is 6.78. The van der Waals surface area contributed by atoms with Crippen LogP contribution in [-0.2, 0) is 38.0 Å². The Morgan fingerprint density at radius 2 is 1.98 bits per heavy atom. The Morgan fingerprint density at radius 1 is 1.09 bits per heavy atom. The van der Waals surface area contributed by atoms with Crippen molar-refractivity contribution in [1.82, 2.24) is 29.5 Å². The number of anilines is 2. The van der Waals surface area contributed by atoms with Crippen molar-refractivity contribution in [2.45, 2.75) is 88.3 Å². The number of fused-ring (bicyclic) bond motifs is 5. The van der Waals surface area contributed by atoms with E-state index in [9.17, 15) is 4.39 Å². The Morgan fingerprint density at radius 3 is 2.88 bits per heavy atom. The van der Waals surface area contributed by atoms with E-state index in [0.717, 1.165) is 93.9 Å². The highest BCUT2D eigenvalue weighted by Crippen LogP contribution is 2.47. The highest BCUT2D eigenvalue weighted by atomic mass is 35.5. The molecule has 2 saturated heterocycles. The molecule has 0 unspecified atom stereocenters. The molecule has 11 heteroatoms. The molecule has 0 bridgehead atoms. The topological polar surface area (TPSA) is 88.6 Å². The normalized spacial score (nSPS) is 28.8. The second-order valence-electron chi connectivity index (χ2n) is 13.3. The van der Waals surface area contributed by atoms with Crippen molar-refractivity contribution in [1.29, 1.82) is 0 Å². The highest BCUT2D eigenvalue weighted by molar-refractivity contribution is 6.33. The van der Waals surface area contributed by atoms with Gasteiger partial charge in [-0.2, -0.15) is 15.1 Å². The van der Waals surface area contributed by atoms with E-state index in [1.165, 1.54) is 11.1 Å². The summed E-state index contributed by atoms with van der Waals surface area (Å²) >= 11 is 6.64. The van der Waals surface area contributed by atoms with E-state index in [0.29, 0.717) is 43.0 Å². The lowest BCUT2D eigenvalue weighted by Gasteiger charge is -2.49. The fourth-order valence-corrected chi connectivity index (χ4v) is 8.93. The number of halogens is 2. The van der Waals surface area contributed by atoms with Crippen molar-refractivity contribution in [2.24, 2.45) is 0 Å². The Balaban J connectivity index is 1.19. The monoisotopic (exact) mass is 606 g/mol. The van der Waals surface area contributed by atoms with Gasteiger partial charge in [-0.05, 0) is 63.2 Å². The number of ether oxygens (including phenoxy) is 1. The lowest BCUT2D eigenvalue weighted by atomic mass is 9.71. The SMILES string of the molecule is CN1Cc2c(nc(OC[C@@]34CCCN3C[C@H](F)C4)nc2N2CCCn3nc(N)c(Cl)c3C2)C[C@]12CCCc1ccccc12. The van der Waals surface area contributed by atoms with Crippen LogP contribution in [0.1, 0.15) is 66.6 Å². The van der Waals surface area contributed by atoms with Gasteiger partial charge >= 0.3 is 6.01 Å². The number of benzene rings is 1. The van der Waals surface area contributed by atoms with E-state index >= 15 is 0 Å².